The fraction of sp³-hybridized carbons (Fsp3) is 0.700. The monoisotopic (exact) mass is 597 g/mol. The van der Waals surface area contributed by atoms with Crippen LogP contribution in [0.4, 0.5) is 0 Å². The number of carboxylic acid groups (broad SMARTS) is 1. The summed E-state index contributed by atoms with van der Waals surface area (Å²) in [5.41, 5.74) is 4.96. The molecule has 7 N–H and O–H groups in total. The minimum Gasteiger partial charge on any atom is -0.481 e. The minimum atomic E-state index is -1.26. The van der Waals surface area contributed by atoms with E-state index in [4.69, 9.17) is 10.8 Å². The number of carbonyl (C=O) groups is 6. The van der Waals surface area contributed by atoms with E-state index in [1.807, 2.05) is 13.8 Å². The van der Waals surface area contributed by atoms with Gasteiger partial charge in [-0.1, -0.05) is 29.5 Å². The molecule has 0 aromatic carbocycles. The molecule has 1 saturated heterocycles. The van der Waals surface area contributed by atoms with Crippen molar-refractivity contribution < 1.29 is 39.0 Å². The number of amides is 5. The van der Waals surface area contributed by atoms with Gasteiger partial charge in [-0.25, -0.2) is 0 Å². The van der Waals surface area contributed by atoms with Crippen molar-refractivity contribution in [2.45, 2.75) is 61.6 Å². The van der Waals surface area contributed by atoms with E-state index in [2.05, 4.69) is 38.5 Å². The van der Waals surface area contributed by atoms with Crippen molar-refractivity contribution in [1.29, 1.82) is 0 Å². The zero-order chi connectivity index (χ0) is 26.1. The number of hydrogen-bond acceptors (Lipinski definition) is 8. The predicted molar refractivity (Wildman–Crippen MR) is 127 cm³/mol. The summed E-state index contributed by atoms with van der Waals surface area (Å²) in [5.74, 6) is -4.50. The highest BCUT2D eigenvalue weighted by Crippen LogP contribution is 2.38. The number of aliphatic hydroxyl groups excluding tert-OH is 1. The summed E-state index contributed by atoms with van der Waals surface area (Å²) < 4.78 is -0.378. The molecule has 0 aliphatic carbocycles. The number of imide groups is 1. The lowest BCUT2D eigenvalue weighted by Crippen LogP contribution is -2.49. The number of nitrogens with one attached hydrogen (secondary N) is 3. The highest BCUT2D eigenvalue weighted by atomic mass is 127. The Bertz CT molecular complexity index is 806. The van der Waals surface area contributed by atoms with Crippen molar-refractivity contribution in [2.75, 3.05) is 19.6 Å². The molecule has 0 bridgehead atoms. The van der Waals surface area contributed by atoms with E-state index in [1.54, 1.807) is 0 Å². The summed E-state index contributed by atoms with van der Waals surface area (Å²) in [5, 5.41) is 26.2. The molecular formula is C20H32IN5O8. The van der Waals surface area contributed by atoms with Crippen LogP contribution in [0.15, 0.2) is 0 Å². The van der Waals surface area contributed by atoms with Gasteiger partial charge < -0.3 is 26.6 Å². The van der Waals surface area contributed by atoms with E-state index in [0.29, 0.717) is 6.42 Å². The summed E-state index contributed by atoms with van der Waals surface area (Å²) in [6.07, 6.45) is -1.25. The molecule has 13 nitrogen and oxygen atoms in total. The van der Waals surface area contributed by atoms with E-state index in [0.717, 1.165) is 4.90 Å². The molecule has 14 heteroatoms. The lowest BCUT2D eigenvalue weighted by atomic mass is 9.90. The largest absolute Gasteiger partial charge is 0.481 e. The molecule has 34 heavy (non-hydrogen) atoms. The molecular weight excluding hydrogens is 565 g/mol. The molecule has 0 spiro atoms. The maximum Gasteiger partial charge on any atom is 0.303 e. The Balaban J connectivity index is 2.53. The predicted octanol–water partition coefficient (Wildman–Crippen LogP) is -1.79. The Kier molecular flexibility index (Phi) is 11.8. The lowest BCUT2D eigenvalue weighted by Gasteiger charge is -2.27. The number of hydrogen-bond donors (Lipinski definition) is 6. The van der Waals surface area contributed by atoms with Gasteiger partial charge in [0.2, 0.25) is 29.5 Å². The van der Waals surface area contributed by atoms with Crippen LogP contribution in [0.25, 0.3) is 0 Å². The Labute approximate surface area is 210 Å². The van der Waals surface area contributed by atoms with E-state index < -0.39 is 48.4 Å². The van der Waals surface area contributed by atoms with Crippen LogP contribution in [-0.4, -0.2) is 85.9 Å². The summed E-state index contributed by atoms with van der Waals surface area (Å²) in [6, 6.07) is -1.19. The third-order valence-electron chi connectivity index (χ3n) is 5.48. The molecule has 0 saturated carbocycles. The topological polar surface area (TPSA) is 208 Å². The van der Waals surface area contributed by atoms with Gasteiger partial charge in [0, 0.05) is 29.2 Å². The molecule has 1 aliphatic rings. The van der Waals surface area contributed by atoms with Crippen LogP contribution >= 0.6 is 22.6 Å². The standard InChI is InChI=1S/C20H32IN5O8/c1-3-20(2,21)11-8-16(30)26(19(11)34)10-15(29)23-7-6-14(28)25-12(4-5-17(31)32)18(33)24-9-13(22)27/h11-12,15,23,29H,3-10H2,1-2H3,(H2,22,27)(H,24,33)(H,25,28)(H,31,32). The Morgan fingerprint density at radius 3 is 2.47 bits per heavy atom. The van der Waals surface area contributed by atoms with Crippen LogP contribution in [0.1, 0.15) is 46.0 Å². The Morgan fingerprint density at radius 1 is 1.26 bits per heavy atom. The second-order valence-corrected chi connectivity index (χ2v) is 10.7. The first-order valence-electron chi connectivity index (χ1n) is 10.8. The van der Waals surface area contributed by atoms with Gasteiger partial charge in [0.05, 0.1) is 19.0 Å². The van der Waals surface area contributed by atoms with Crippen molar-refractivity contribution in [2.24, 2.45) is 11.7 Å². The number of nitrogens with two attached hydrogens (primary N) is 1. The first-order valence-corrected chi connectivity index (χ1v) is 11.9. The van der Waals surface area contributed by atoms with Gasteiger partial charge in [-0.3, -0.25) is 39.0 Å². The van der Waals surface area contributed by atoms with Crippen LogP contribution < -0.4 is 21.7 Å². The van der Waals surface area contributed by atoms with E-state index in [-0.39, 0.29) is 54.0 Å². The molecule has 192 valence electrons. The third kappa shape index (κ3) is 9.50. The summed E-state index contributed by atoms with van der Waals surface area (Å²) in [4.78, 5) is 71.8. The van der Waals surface area contributed by atoms with Gasteiger partial charge >= 0.3 is 5.97 Å². The maximum atomic E-state index is 12.6. The quantitative estimate of drug-likeness (QED) is 0.0545. The summed E-state index contributed by atoms with van der Waals surface area (Å²) in [6.45, 7) is 3.07. The lowest BCUT2D eigenvalue weighted by molar-refractivity contribution is -0.142. The van der Waals surface area contributed by atoms with Gasteiger partial charge in [-0.15, -0.1) is 0 Å². The van der Waals surface area contributed by atoms with E-state index >= 15 is 0 Å². The zero-order valence-corrected chi connectivity index (χ0v) is 21.3. The number of aliphatic carboxylic acids is 1. The number of rotatable bonds is 15. The fourth-order valence-corrected chi connectivity index (χ4v) is 3.77. The number of β-amino-alcohol motifs (C(OH)–C–C–N with tert-alkyl or cyclic N) is 1. The summed E-state index contributed by atoms with van der Waals surface area (Å²) in [7, 11) is 0. The van der Waals surface area contributed by atoms with Crippen LogP contribution in [-0.2, 0) is 28.8 Å². The number of carboxylic acids is 1. The van der Waals surface area contributed by atoms with Crippen molar-refractivity contribution in [3.63, 3.8) is 0 Å². The smallest absolute Gasteiger partial charge is 0.303 e. The number of likely N-dealkylation sites (tertiary alicyclic amines) is 1. The molecule has 1 aliphatic heterocycles. The van der Waals surface area contributed by atoms with Gasteiger partial charge in [0.25, 0.3) is 0 Å². The molecule has 0 aromatic rings. The Hall–Kier alpha value is -2.33. The van der Waals surface area contributed by atoms with Crippen LogP contribution in [0.2, 0.25) is 0 Å². The number of carbonyl (C=O) groups excluding carboxylic acids is 5. The molecule has 1 rings (SSSR count). The number of alkyl halides is 1. The van der Waals surface area contributed by atoms with Gasteiger partial charge in [0.1, 0.15) is 12.3 Å². The second-order valence-electron chi connectivity index (χ2n) is 8.19. The normalized spacial score (nSPS) is 19.3. The first-order chi connectivity index (χ1) is 15.8. The van der Waals surface area contributed by atoms with E-state index in [9.17, 15) is 33.9 Å². The number of halogens is 1. The molecule has 0 radical (unpaired) electrons. The van der Waals surface area contributed by atoms with Crippen molar-refractivity contribution in [3.8, 4) is 0 Å². The van der Waals surface area contributed by atoms with Crippen LogP contribution in [0.3, 0.4) is 0 Å². The highest BCUT2D eigenvalue weighted by molar-refractivity contribution is 14.1. The van der Waals surface area contributed by atoms with Crippen molar-refractivity contribution in [1.82, 2.24) is 20.9 Å². The van der Waals surface area contributed by atoms with Gasteiger partial charge in [-0.2, -0.15) is 0 Å². The minimum absolute atomic E-state index is 0.0415. The van der Waals surface area contributed by atoms with Gasteiger partial charge in [0.15, 0.2) is 0 Å². The van der Waals surface area contributed by atoms with E-state index in [1.165, 1.54) is 0 Å². The molecule has 1 fully saturated rings. The maximum absolute atomic E-state index is 12.6. The van der Waals surface area contributed by atoms with Crippen molar-refractivity contribution in [3.05, 3.63) is 0 Å². The zero-order valence-electron chi connectivity index (χ0n) is 19.1. The molecule has 4 unspecified atom stereocenters. The number of aliphatic hydroxyl groups is 1. The molecule has 0 aromatic heterocycles. The van der Waals surface area contributed by atoms with Crippen molar-refractivity contribution >= 4 is 58.1 Å². The average Bonchev–Trinajstić information content (AvgIpc) is 3.03. The summed E-state index contributed by atoms with van der Waals surface area (Å²) >= 11 is 2.17. The highest BCUT2D eigenvalue weighted by Gasteiger charge is 2.47. The first kappa shape index (κ1) is 29.7. The Morgan fingerprint density at radius 2 is 1.91 bits per heavy atom. The number of nitrogens with zero attached hydrogens (tertiary/aromatic N) is 1. The average molecular weight is 597 g/mol. The third-order valence-corrected chi connectivity index (χ3v) is 7.00. The fourth-order valence-electron chi connectivity index (χ4n) is 3.28. The van der Waals surface area contributed by atoms with Crippen LogP contribution in [0, 0.1) is 5.92 Å². The molecule has 5 amide bonds. The van der Waals surface area contributed by atoms with Gasteiger partial charge in [-0.05, 0) is 19.8 Å². The second kappa shape index (κ2) is 13.5. The van der Waals surface area contributed by atoms with Crippen LogP contribution in [0.5, 0.6) is 0 Å². The SMILES string of the molecule is CCC(C)(I)C1CC(=O)N(CC(O)NCCC(=O)NC(CCC(=O)O)C(=O)NCC(N)=O)C1=O. The molecule has 1 heterocycles. The molecule has 4 atom stereocenters. The number of primary amides is 1.